The first-order valence-electron chi connectivity index (χ1n) is 8.78. The average Bonchev–Trinajstić information content (AvgIpc) is 3.19. The van der Waals surface area contributed by atoms with E-state index in [9.17, 15) is 4.79 Å². The van der Waals surface area contributed by atoms with Crippen molar-refractivity contribution in [3.8, 4) is 6.07 Å². The Morgan fingerprint density at radius 1 is 1.23 bits per heavy atom. The largest absolute Gasteiger partial charge is 0.368 e. The average molecular weight is 350 g/mol. The lowest BCUT2D eigenvalue weighted by Gasteiger charge is -2.17. The predicted molar refractivity (Wildman–Crippen MR) is 100 cm³/mol. The molecule has 0 radical (unpaired) electrons. The predicted octanol–water partition coefficient (Wildman–Crippen LogP) is 2.10. The van der Waals surface area contributed by atoms with Gasteiger partial charge in [-0.05, 0) is 38.0 Å². The fourth-order valence-corrected chi connectivity index (χ4v) is 2.95. The van der Waals surface area contributed by atoms with E-state index >= 15 is 0 Å². The Morgan fingerprint density at radius 2 is 2.04 bits per heavy atom. The minimum absolute atomic E-state index is 0.194. The molecular formula is C19H22N6O. The molecule has 134 valence electrons. The van der Waals surface area contributed by atoms with Crippen LogP contribution in [0.25, 0.3) is 0 Å². The lowest BCUT2D eigenvalue weighted by Crippen LogP contribution is -2.29. The second-order valence-corrected chi connectivity index (χ2v) is 6.23. The first-order valence-corrected chi connectivity index (χ1v) is 8.78. The van der Waals surface area contributed by atoms with Gasteiger partial charge >= 0.3 is 0 Å². The summed E-state index contributed by atoms with van der Waals surface area (Å²) in [5, 5.41) is 15.0. The van der Waals surface area contributed by atoms with Gasteiger partial charge < -0.3 is 15.5 Å². The highest BCUT2D eigenvalue weighted by molar-refractivity contribution is 5.94. The van der Waals surface area contributed by atoms with Crippen molar-refractivity contribution in [3.63, 3.8) is 0 Å². The summed E-state index contributed by atoms with van der Waals surface area (Å²) < 4.78 is 0. The molecule has 1 saturated heterocycles. The quantitative estimate of drug-likeness (QED) is 0.775. The van der Waals surface area contributed by atoms with Crippen molar-refractivity contribution in [1.82, 2.24) is 15.3 Å². The topological polar surface area (TPSA) is 93.9 Å². The fourth-order valence-electron chi connectivity index (χ4n) is 2.95. The van der Waals surface area contributed by atoms with E-state index in [-0.39, 0.29) is 5.91 Å². The third-order valence-electron chi connectivity index (χ3n) is 4.23. The zero-order valence-corrected chi connectivity index (χ0v) is 14.8. The molecule has 0 aliphatic carbocycles. The van der Waals surface area contributed by atoms with Gasteiger partial charge in [0, 0.05) is 37.8 Å². The van der Waals surface area contributed by atoms with Gasteiger partial charge in [-0.25, -0.2) is 9.97 Å². The summed E-state index contributed by atoms with van der Waals surface area (Å²) in [5.74, 6) is 2.25. The molecule has 3 rings (SSSR count). The van der Waals surface area contributed by atoms with E-state index in [1.54, 1.807) is 24.3 Å². The van der Waals surface area contributed by atoms with E-state index in [1.807, 2.05) is 19.1 Å². The van der Waals surface area contributed by atoms with Crippen LogP contribution in [0.3, 0.4) is 0 Å². The normalized spacial score (nSPS) is 13.3. The van der Waals surface area contributed by atoms with E-state index in [1.165, 1.54) is 12.8 Å². The zero-order valence-electron chi connectivity index (χ0n) is 14.8. The maximum Gasteiger partial charge on any atom is 0.251 e. The number of carbonyl (C=O) groups excluding carboxylic acids is 1. The second kappa shape index (κ2) is 8.30. The molecule has 1 aliphatic heterocycles. The van der Waals surface area contributed by atoms with Crippen molar-refractivity contribution >= 4 is 17.5 Å². The molecular weight excluding hydrogens is 328 g/mol. The Hall–Kier alpha value is -3.14. The molecule has 1 aromatic carbocycles. The van der Waals surface area contributed by atoms with Crippen LogP contribution in [-0.4, -0.2) is 42.1 Å². The molecule has 2 heterocycles. The number of aryl methyl sites for hydroxylation is 1. The number of hydrogen-bond donors (Lipinski definition) is 2. The number of carbonyl (C=O) groups is 1. The van der Waals surface area contributed by atoms with Gasteiger partial charge in [-0.2, -0.15) is 5.26 Å². The SMILES string of the molecule is Cc1nc(NCCNC(=O)c2cccc(C#N)c2)cc(N2CCCC2)n1. The van der Waals surface area contributed by atoms with Crippen LogP contribution in [0.15, 0.2) is 30.3 Å². The Balaban J connectivity index is 1.51. The van der Waals surface area contributed by atoms with Gasteiger partial charge in [-0.1, -0.05) is 6.07 Å². The van der Waals surface area contributed by atoms with Crippen LogP contribution in [0, 0.1) is 18.3 Å². The van der Waals surface area contributed by atoms with Crippen LogP contribution in [0.1, 0.15) is 34.6 Å². The van der Waals surface area contributed by atoms with Crippen LogP contribution in [0.2, 0.25) is 0 Å². The van der Waals surface area contributed by atoms with Crippen molar-refractivity contribution < 1.29 is 4.79 Å². The Bertz CT molecular complexity index is 823. The fraction of sp³-hybridized carbons (Fsp3) is 0.368. The molecule has 1 aromatic heterocycles. The minimum atomic E-state index is -0.194. The first kappa shape index (κ1) is 17.7. The van der Waals surface area contributed by atoms with Crippen molar-refractivity contribution in [2.45, 2.75) is 19.8 Å². The summed E-state index contributed by atoms with van der Waals surface area (Å²) in [6.45, 7) is 4.97. The number of benzene rings is 1. The van der Waals surface area contributed by atoms with Gasteiger partial charge in [0.25, 0.3) is 5.91 Å². The summed E-state index contributed by atoms with van der Waals surface area (Å²) in [5.41, 5.74) is 0.958. The Kier molecular flexibility index (Phi) is 5.64. The van der Waals surface area contributed by atoms with E-state index in [2.05, 4.69) is 25.5 Å². The standard InChI is InChI=1S/C19H22N6O/c1-14-23-17(12-18(24-14)25-9-2-3-10-25)21-7-8-22-19(26)16-6-4-5-15(11-16)13-20/h4-6,11-12H,2-3,7-10H2,1H3,(H,22,26)(H,21,23,24). The Labute approximate surface area is 153 Å². The molecule has 2 N–H and O–H groups in total. The minimum Gasteiger partial charge on any atom is -0.368 e. The van der Waals surface area contributed by atoms with Gasteiger partial charge in [-0.15, -0.1) is 0 Å². The maximum absolute atomic E-state index is 12.1. The van der Waals surface area contributed by atoms with E-state index < -0.39 is 0 Å². The van der Waals surface area contributed by atoms with Gasteiger partial charge in [0.05, 0.1) is 11.6 Å². The first-order chi connectivity index (χ1) is 12.7. The number of nitrogens with one attached hydrogen (secondary N) is 2. The van der Waals surface area contributed by atoms with E-state index in [0.717, 1.165) is 30.5 Å². The summed E-state index contributed by atoms with van der Waals surface area (Å²) in [7, 11) is 0. The van der Waals surface area contributed by atoms with Crippen LogP contribution in [-0.2, 0) is 0 Å². The number of hydrogen-bond acceptors (Lipinski definition) is 6. The van der Waals surface area contributed by atoms with Crippen LogP contribution in [0.5, 0.6) is 0 Å². The maximum atomic E-state index is 12.1. The van der Waals surface area contributed by atoms with Crippen LogP contribution in [0.4, 0.5) is 11.6 Å². The van der Waals surface area contributed by atoms with E-state index in [0.29, 0.717) is 24.2 Å². The number of aromatic nitrogens is 2. The molecule has 0 spiro atoms. The molecule has 1 fully saturated rings. The van der Waals surface area contributed by atoms with Gasteiger partial charge in [0.15, 0.2) is 0 Å². The van der Waals surface area contributed by atoms with Gasteiger partial charge in [-0.3, -0.25) is 4.79 Å². The third kappa shape index (κ3) is 4.48. The van der Waals surface area contributed by atoms with Crippen molar-refractivity contribution in [3.05, 3.63) is 47.3 Å². The zero-order chi connectivity index (χ0) is 18.4. The van der Waals surface area contributed by atoms with Gasteiger partial charge in [0.1, 0.15) is 17.5 Å². The number of anilines is 2. The van der Waals surface area contributed by atoms with Gasteiger partial charge in [0.2, 0.25) is 0 Å². The number of nitrogens with zero attached hydrogens (tertiary/aromatic N) is 4. The molecule has 0 saturated carbocycles. The second-order valence-electron chi connectivity index (χ2n) is 6.23. The van der Waals surface area contributed by atoms with Crippen LogP contribution < -0.4 is 15.5 Å². The number of amides is 1. The molecule has 7 heteroatoms. The molecule has 26 heavy (non-hydrogen) atoms. The van der Waals surface area contributed by atoms with Crippen molar-refractivity contribution in [2.75, 3.05) is 36.4 Å². The third-order valence-corrected chi connectivity index (χ3v) is 4.23. The summed E-state index contributed by atoms with van der Waals surface area (Å²) in [6.07, 6.45) is 2.40. The van der Waals surface area contributed by atoms with Crippen molar-refractivity contribution in [1.29, 1.82) is 5.26 Å². The van der Waals surface area contributed by atoms with Crippen LogP contribution >= 0.6 is 0 Å². The molecule has 7 nitrogen and oxygen atoms in total. The molecule has 1 amide bonds. The molecule has 2 aromatic rings. The number of nitriles is 1. The summed E-state index contributed by atoms with van der Waals surface area (Å²) in [6, 6.07) is 10.6. The highest BCUT2D eigenvalue weighted by Gasteiger charge is 2.15. The lowest BCUT2D eigenvalue weighted by molar-refractivity contribution is 0.0955. The molecule has 1 aliphatic rings. The highest BCUT2D eigenvalue weighted by atomic mass is 16.1. The summed E-state index contributed by atoms with van der Waals surface area (Å²) in [4.78, 5) is 23.3. The molecule has 0 atom stereocenters. The monoisotopic (exact) mass is 350 g/mol. The lowest BCUT2D eigenvalue weighted by atomic mass is 10.1. The Morgan fingerprint density at radius 3 is 2.81 bits per heavy atom. The molecule has 0 bridgehead atoms. The summed E-state index contributed by atoms with van der Waals surface area (Å²) >= 11 is 0. The highest BCUT2D eigenvalue weighted by Crippen LogP contribution is 2.20. The smallest absolute Gasteiger partial charge is 0.251 e. The molecule has 0 unspecified atom stereocenters. The van der Waals surface area contributed by atoms with E-state index in [4.69, 9.17) is 5.26 Å². The van der Waals surface area contributed by atoms with Crippen molar-refractivity contribution in [2.24, 2.45) is 0 Å². The number of rotatable bonds is 6.